The fourth-order valence-electron chi connectivity index (χ4n) is 1.66. The lowest BCUT2D eigenvalue weighted by molar-refractivity contribution is -0.147. The number of pyridine rings is 1. The van der Waals surface area contributed by atoms with Gasteiger partial charge in [-0.25, -0.2) is 4.79 Å². The fraction of sp³-hybridized carbons (Fsp3) is 0.500. The number of halogens is 1. The van der Waals surface area contributed by atoms with Crippen LogP contribution in [0.1, 0.15) is 31.7 Å². The smallest absolute Gasteiger partial charge is 0.330 e. The number of methoxy groups -OCH3 is 1. The van der Waals surface area contributed by atoms with Crippen LogP contribution in [0.15, 0.2) is 22.9 Å². The second kappa shape index (κ2) is 6.12. The van der Waals surface area contributed by atoms with Crippen LogP contribution in [0, 0.1) is 0 Å². The second-order valence-electron chi connectivity index (χ2n) is 3.96. The molecule has 1 aromatic rings. The number of unbranched alkanes of at least 4 members (excludes halogenated alkanes) is 1. The molecule has 0 saturated carbocycles. The van der Waals surface area contributed by atoms with Crippen molar-refractivity contribution in [2.45, 2.75) is 31.7 Å². The summed E-state index contributed by atoms with van der Waals surface area (Å²) in [5.74, 6) is -0.425. The molecular formula is C12H17BrN2O2. The number of carbonyl (C=O) groups excluding carboxylic acids is 1. The molecule has 2 N–H and O–H groups in total. The van der Waals surface area contributed by atoms with Crippen LogP contribution in [0.4, 0.5) is 0 Å². The predicted molar refractivity (Wildman–Crippen MR) is 69.3 cm³/mol. The molecule has 0 aromatic carbocycles. The minimum absolute atomic E-state index is 0.425. The van der Waals surface area contributed by atoms with Crippen molar-refractivity contribution in [3.05, 3.63) is 28.5 Å². The van der Waals surface area contributed by atoms with Gasteiger partial charge in [-0.1, -0.05) is 19.8 Å². The van der Waals surface area contributed by atoms with Crippen molar-refractivity contribution in [2.75, 3.05) is 7.11 Å². The molecule has 1 rings (SSSR count). The average Bonchev–Trinajstić information content (AvgIpc) is 2.34. The van der Waals surface area contributed by atoms with E-state index in [1.54, 1.807) is 18.5 Å². The zero-order valence-corrected chi connectivity index (χ0v) is 11.7. The third kappa shape index (κ3) is 3.26. The molecule has 1 heterocycles. The van der Waals surface area contributed by atoms with Crippen LogP contribution in [0.5, 0.6) is 0 Å². The van der Waals surface area contributed by atoms with Gasteiger partial charge in [0.2, 0.25) is 0 Å². The first-order chi connectivity index (χ1) is 8.04. The molecule has 5 heteroatoms. The molecule has 1 atom stereocenters. The van der Waals surface area contributed by atoms with Gasteiger partial charge in [0.15, 0.2) is 0 Å². The maximum absolute atomic E-state index is 11.9. The van der Waals surface area contributed by atoms with E-state index in [1.165, 1.54) is 7.11 Å². The van der Waals surface area contributed by atoms with Crippen molar-refractivity contribution >= 4 is 21.9 Å². The summed E-state index contributed by atoms with van der Waals surface area (Å²) in [6.45, 7) is 2.05. The number of carbonyl (C=O) groups is 1. The first kappa shape index (κ1) is 14.1. The van der Waals surface area contributed by atoms with Crippen LogP contribution in [0.25, 0.3) is 0 Å². The number of hydrogen-bond acceptors (Lipinski definition) is 4. The van der Waals surface area contributed by atoms with E-state index < -0.39 is 11.5 Å². The van der Waals surface area contributed by atoms with Crippen LogP contribution >= 0.6 is 15.9 Å². The van der Waals surface area contributed by atoms with Crippen molar-refractivity contribution in [3.8, 4) is 0 Å². The molecule has 0 radical (unpaired) electrons. The van der Waals surface area contributed by atoms with E-state index in [0.717, 1.165) is 17.3 Å². The summed E-state index contributed by atoms with van der Waals surface area (Å²) in [7, 11) is 1.35. The Bertz CT molecular complexity index is 398. The Labute approximate surface area is 110 Å². The second-order valence-corrected chi connectivity index (χ2v) is 4.87. The minimum atomic E-state index is -1.11. The lowest BCUT2D eigenvalue weighted by Gasteiger charge is -2.26. The van der Waals surface area contributed by atoms with Gasteiger partial charge in [-0.2, -0.15) is 0 Å². The molecule has 0 fully saturated rings. The molecule has 0 amide bonds. The monoisotopic (exact) mass is 300 g/mol. The summed E-state index contributed by atoms with van der Waals surface area (Å²) in [5.41, 5.74) is 5.76. The fourth-order valence-corrected chi connectivity index (χ4v) is 2.02. The number of nitrogens with two attached hydrogens (primary N) is 1. The van der Waals surface area contributed by atoms with Crippen LogP contribution in [-0.2, 0) is 15.1 Å². The van der Waals surface area contributed by atoms with E-state index in [0.29, 0.717) is 12.0 Å². The molecule has 0 saturated heterocycles. The maximum Gasteiger partial charge on any atom is 0.330 e. The molecule has 0 unspecified atom stereocenters. The quantitative estimate of drug-likeness (QED) is 0.848. The first-order valence-electron chi connectivity index (χ1n) is 5.53. The molecule has 0 aliphatic heterocycles. The number of aromatic nitrogens is 1. The SMILES string of the molecule is CCCC[C@@](N)(C(=O)OC)c1cncc(Br)c1. The topological polar surface area (TPSA) is 65.2 Å². The van der Waals surface area contributed by atoms with E-state index in [2.05, 4.69) is 27.8 Å². The zero-order valence-electron chi connectivity index (χ0n) is 10.1. The van der Waals surface area contributed by atoms with Crippen LogP contribution in [0.3, 0.4) is 0 Å². The van der Waals surface area contributed by atoms with Gasteiger partial charge in [-0.3, -0.25) is 4.98 Å². The highest BCUT2D eigenvalue weighted by Crippen LogP contribution is 2.27. The van der Waals surface area contributed by atoms with E-state index in [4.69, 9.17) is 10.5 Å². The Balaban J connectivity index is 3.09. The third-order valence-electron chi connectivity index (χ3n) is 2.69. The van der Waals surface area contributed by atoms with Crippen LogP contribution in [0.2, 0.25) is 0 Å². The Hall–Kier alpha value is -0.940. The maximum atomic E-state index is 11.9. The van der Waals surface area contributed by atoms with Gasteiger partial charge in [0.1, 0.15) is 5.54 Å². The van der Waals surface area contributed by atoms with E-state index in [1.807, 2.05) is 0 Å². The molecule has 0 bridgehead atoms. The lowest BCUT2D eigenvalue weighted by Crippen LogP contribution is -2.45. The van der Waals surface area contributed by atoms with E-state index in [-0.39, 0.29) is 0 Å². The number of hydrogen-bond donors (Lipinski definition) is 1. The predicted octanol–water partition coefficient (Wildman–Crippen LogP) is 2.36. The molecule has 0 aliphatic carbocycles. The van der Waals surface area contributed by atoms with Crippen molar-refractivity contribution in [2.24, 2.45) is 5.73 Å². The normalized spacial score (nSPS) is 14.1. The molecule has 4 nitrogen and oxygen atoms in total. The van der Waals surface area contributed by atoms with Crippen LogP contribution < -0.4 is 5.73 Å². The van der Waals surface area contributed by atoms with Gasteiger partial charge in [0, 0.05) is 22.4 Å². The molecular weight excluding hydrogens is 284 g/mol. The number of rotatable bonds is 5. The molecule has 17 heavy (non-hydrogen) atoms. The van der Waals surface area contributed by atoms with Gasteiger partial charge in [0.05, 0.1) is 7.11 Å². The summed E-state index contributed by atoms with van der Waals surface area (Å²) >= 11 is 3.32. The Morgan fingerprint density at radius 1 is 1.59 bits per heavy atom. The molecule has 0 aliphatic rings. The highest BCUT2D eigenvalue weighted by atomic mass is 79.9. The molecule has 1 aromatic heterocycles. The highest BCUT2D eigenvalue weighted by Gasteiger charge is 2.37. The minimum Gasteiger partial charge on any atom is -0.467 e. The Morgan fingerprint density at radius 2 is 2.29 bits per heavy atom. The van der Waals surface area contributed by atoms with Crippen molar-refractivity contribution in [1.82, 2.24) is 4.98 Å². The molecule has 94 valence electrons. The summed E-state index contributed by atoms with van der Waals surface area (Å²) in [6, 6.07) is 1.81. The third-order valence-corrected chi connectivity index (χ3v) is 3.13. The standard InChI is InChI=1S/C12H17BrN2O2/c1-3-4-5-12(14,11(16)17-2)9-6-10(13)8-15-7-9/h6-8H,3-5,14H2,1-2H3/t12-/m0/s1. The van der Waals surface area contributed by atoms with E-state index >= 15 is 0 Å². The van der Waals surface area contributed by atoms with Gasteiger partial charge < -0.3 is 10.5 Å². The van der Waals surface area contributed by atoms with Crippen molar-refractivity contribution in [1.29, 1.82) is 0 Å². The summed E-state index contributed by atoms with van der Waals surface area (Å²) in [6.07, 6.45) is 5.64. The number of nitrogens with zero attached hydrogens (tertiary/aromatic N) is 1. The van der Waals surface area contributed by atoms with Crippen molar-refractivity contribution in [3.63, 3.8) is 0 Å². The summed E-state index contributed by atoms with van der Waals surface area (Å²) in [5, 5.41) is 0. The van der Waals surface area contributed by atoms with Gasteiger partial charge >= 0.3 is 5.97 Å². The lowest BCUT2D eigenvalue weighted by atomic mass is 9.87. The van der Waals surface area contributed by atoms with Crippen molar-refractivity contribution < 1.29 is 9.53 Å². The highest BCUT2D eigenvalue weighted by molar-refractivity contribution is 9.10. The van der Waals surface area contributed by atoms with Crippen LogP contribution in [-0.4, -0.2) is 18.1 Å². The summed E-state index contributed by atoms with van der Waals surface area (Å²) in [4.78, 5) is 15.9. The van der Waals surface area contributed by atoms with Gasteiger partial charge in [-0.15, -0.1) is 0 Å². The Kier molecular flexibility index (Phi) is 5.08. The first-order valence-corrected chi connectivity index (χ1v) is 6.32. The van der Waals surface area contributed by atoms with Gasteiger partial charge in [0.25, 0.3) is 0 Å². The largest absolute Gasteiger partial charge is 0.467 e. The zero-order chi connectivity index (χ0) is 12.9. The van der Waals surface area contributed by atoms with Gasteiger partial charge in [-0.05, 0) is 28.4 Å². The molecule has 0 spiro atoms. The average molecular weight is 301 g/mol. The summed E-state index contributed by atoms with van der Waals surface area (Å²) < 4.78 is 5.60. The number of ether oxygens (including phenoxy) is 1. The van der Waals surface area contributed by atoms with E-state index in [9.17, 15) is 4.79 Å². The number of esters is 1. The Morgan fingerprint density at radius 3 is 2.82 bits per heavy atom.